The van der Waals surface area contributed by atoms with Crippen LogP contribution in [0.5, 0.6) is 0 Å². The Morgan fingerprint density at radius 1 is 1.23 bits per heavy atom. The molecule has 1 aliphatic heterocycles. The molecule has 1 saturated heterocycles. The standard InChI is InChI=1S/C21H31N7O3/c1-4-31-17-11-16(12-17)20(30)27-7-5-18(29)22-6-8-26(9-10-27)19-14(2)15(3)25-21-23-13-24-28(19)21/h13,16-17H,4-12H2,1-3H3,(H,22,29). The first-order valence-electron chi connectivity index (χ1n) is 11.1. The SMILES string of the molecule is CCOC1CC(C(=O)N2CCC(=O)NCCN(c3c(C)c(C)nc4ncnn34)CC2)C1. The summed E-state index contributed by atoms with van der Waals surface area (Å²) >= 11 is 0. The summed E-state index contributed by atoms with van der Waals surface area (Å²) < 4.78 is 7.35. The van der Waals surface area contributed by atoms with Crippen molar-refractivity contribution in [3.8, 4) is 0 Å². The number of fused-ring (bicyclic) bond motifs is 1. The second kappa shape index (κ2) is 9.17. The van der Waals surface area contributed by atoms with Crippen molar-refractivity contribution >= 4 is 23.4 Å². The number of hydrogen-bond acceptors (Lipinski definition) is 7. The Hall–Kier alpha value is -2.75. The molecule has 0 aromatic carbocycles. The van der Waals surface area contributed by atoms with Crippen molar-refractivity contribution < 1.29 is 14.3 Å². The molecule has 2 aliphatic rings. The lowest BCUT2D eigenvalue weighted by molar-refractivity contribution is -0.144. The Labute approximate surface area is 182 Å². The molecule has 2 aromatic heterocycles. The van der Waals surface area contributed by atoms with Crippen molar-refractivity contribution in [3.63, 3.8) is 0 Å². The Morgan fingerprint density at radius 3 is 2.81 bits per heavy atom. The topological polar surface area (TPSA) is 105 Å². The molecule has 0 radical (unpaired) electrons. The fourth-order valence-electron chi connectivity index (χ4n) is 4.34. The number of aromatic nitrogens is 4. The average Bonchev–Trinajstić information content (AvgIpc) is 3.17. The highest BCUT2D eigenvalue weighted by atomic mass is 16.5. The van der Waals surface area contributed by atoms with Gasteiger partial charge in [-0.25, -0.2) is 4.98 Å². The molecule has 1 N–H and O–H groups in total. The van der Waals surface area contributed by atoms with E-state index in [0.717, 1.165) is 29.9 Å². The Morgan fingerprint density at radius 2 is 2.03 bits per heavy atom. The third-order valence-electron chi connectivity index (χ3n) is 6.29. The van der Waals surface area contributed by atoms with E-state index in [2.05, 4.69) is 25.3 Å². The van der Waals surface area contributed by atoms with E-state index < -0.39 is 0 Å². The smallest absolute Gasteiger partial charge is 0.254 e. The maximum absolute atomic E-state index is 13.1. The second-order valence-corrected chi connectivity index (χ2v) is 8.28. The van der Waals surface area contributed by atoms with Crippen LogP contribution in [0.2, 0.25) is 0 Å². The molecule has 2 aromatic rings. The third-order valence-corrected chi connectivity index (χ3v) is 6.29. The van der Waals surface area contributed by atoms with Crippen LogP contribution >= 0.6 is 0 Å². The van der Waals surface area contributed by atoms with Gasteiger partial charge in [0.15, 0.2) is 0 Å². The van der Waals surface area contributed by atoms with Gasteiger partial charge in [-0.2, -0.15) is 14.6 Å². The molecule has 10 heteroatoms. The molecule has 1 aliphatic carbocycles. The summed E-state index contributed by atoms with van der Waals surface area (Å²) in [5, 5.41) is 7.33. The predicted octanol–water partition coefficient (Wildman–Crippen LogP) is 0.711. The highest BCUT2D eigenvalue weighted by Crippen LogP contribution is 2.32. The van der Waals surface area contributed by atoms with E-state index in [0.29, 0.717) is 51.5 Å². The maximum Gasteiger partial charge on any atom is 0.254 e. The van der Waals surface area contributed by atoms with Gasteiger partial charge in [-0.3, -0.25) is 9.59 Å². The minimum absolute atomic E-state index is 0.0112. The number of amides is 2. The summed E-state index contributed by atoms with van der Waals surface area (Å²) in [6.45, 7) is 9.39. The van der Waals surface area contributed by atoms with Gasteiger partial charge >= 0.3 is 0 Å². The van der Waals surface area contributed by atoms with Gasteiger partial charge in [-0.15, -0.1) is 0 Å². The lowest BCUT2D eigenvalue weighted by Gasteiger charge is -2.38. The highest BCUT2D eigenvalue weighted by molar-refractivity contribution is 5.81. The largest absolute Gasteiger partial charge is 0.378 e. The molecular formula is C21H31N7O3. The first kappa shape index (κ1) is 21.5. The molecule has 2 fully saturated rings. The minimum atomic E-state index is -0.0333. The number of hydrogen-bond donors (Lipinski definition) is 1. The Kier molecular flexibility index (Phi) is 6.35. The quantitative estimate of drug-likeness (QED) is 0.763. The van der Waals surface area contributed by atoms with Crippen LogP contribution in [0, 0.1) is 19.8 Å². The number of rotatable bonds is 4. The Balaban J connectivity index is 1.54. The summed E-state index contributed by atoms with van der Waals surface area (Å²) in [7, 11) is 0. The van der Waals surface area contributed by atoms with E-state index in [1.54, 1.807) is 4.52 Å². The van der Waals surface area contributed by atoms with Crippen LogP contribution in [-0.4, -0.2) is 81.7 Å². The summed E-state index contributed by atoms with van der Waals surface area (Å²) in [6, 6.07) is 0. The van der Waals surface area contributed by atoms with Crippen LogP contribution in [0.15, 0.2) is 6.33 Å². The number of ether oxygens (including phenoxy) is 1. The van der Waals surface area contributed by atoms with E-state index in [1.807, 2.05) is 25.7 Å². The number of carbonyl (C=O) groups is 2. The van der Waals surface area contributed by atoms with Crippen molar-refractivity contribution in [2.45, 2.75) is 46.1 Å². The monoisotopic (exact) mass is 429 g/mol. The van der Waals surface area contributed by atoms with Gasteiger partial charge in [0.25, 0.3) is 5.78 Å². The molecule has 1 saturated carbocycles. The minimum Gasteiger partial charge on any atom is -0.378 e. The predicted molar refractivity (Wildman–Crippen MR) is 115 cm³/mol. The molecule has 168 valence electrons. The van der Waals surface area contributed by atoms with E-state index in [9.17, 15) is 9.59 Å². The molecule has 0 atom stereocenters. The number of nitrogens with zero attached hydrogens (tertiary/aromatic N) is 6. The summed E-state index contributed by atoms with van der Waals surface area (Å²) in [4.78, 5) is 38.1. The zero-order chi connectivity index (χ0) is 22.0. The lowest BCUT2D eigenvalue weighted by Crippen LogP contribution is -2.49. The van der Waals surface area contributed by atoms with Gasteiger partial charge < -0.3 is 19.9 Å². The van der Waals surface area contributed by atoms with Crippen molar-refractivity contribution in [1.82, 2.24) is 29.8 Å². The van der Waals surface area contributed by atoms with Gasteiger partial charge in [0.1, 0.15) is 12.1 Å². The first-order chi connectivity index (χ1) is 15.0. The van der Waals surface area contributed by atoms with Crippen LogP contribution < -0.4 is 10.2 Å². The molecule has 0 bridgehead atoms. The molecule has 0 unspecified atom stereocenters. The molecular weight excluding hydrogens is 398 g/mol. The van der Waals surface area contributed by atoms with Crippen molar-refractivity contribution in [3.05, 3.63) is 17.6 Å². The normalized spacial score (nSPS) is 22.9. The fraction of sp³-hybridized carbons (Fsp3) is 0.667. The molecule has 2 amide bonds. The molecule has 3 heterocycles. The van der Waals surface area contributed by atoms with E-state index in [-0.39, 0.29) is 23.8 Å². The molecule has 31 heavy (non-hydrogen) atoms. The number of anilines is 1. The van der Waals surface area contributed by atoms with E-state index in [4.69, 9.17) is 4.74 Å². The second-order valence-electron chi connectivity index (χ2n) is 8.28. The van der Waals surface area contributed by atoms with Gasteiger partial charge in [0.05, 0.1) is 6.10 Å². The summed E-state index contributed by atoms with van der Waals surface area (Å²) in [6.07, 6.45) is 3.54. The number of carbonyl (C=O) groups excluding carboxylic acids is 2. The van der Waals surface area contributed by atoms with Crippen LogP contribution in [0.3, 0.4) is 0 Å². The van der Waals surface area contributed by atoms with Crippen LogP contribution in [-0.2, 0) is 14.3 Å². The van der Waals surface area contributed by atoms with Crippen LogP contribution in [0.1, 0.15) is 37.4 Å². The summed E-state index contributed by atoms with van der Waals surface area (Å²) in [5.74, 6) is 1.53. The van der Waals surface area contributed by atoms with E-state index >= 15 is 0 Å². The van der Waals surface area contributed by atoms with Gasteiger partial charge in [0.2, 0.25) is 11.8 Å². The first-order valence-corrected chi connectivity index (χ1v) is 11.1. The van der Waals surface area contributed by atoms with Crippen LogP contribution in [0.4, 0.5) is 5.82 Å². The van der Waals surface area contributed by atoms with E-state index in [1.165, 1.54) is 6.33 Å². The Bertz CT molecular complexity index is 954. The number of aryl methyl sites for hydroxylation is 1. The molecule has 10 nitrogen and oxygen atoms in total. The maximum atomic E-state index is 13.1. The number of nitrogens with one attached hydrogen (secondary N) is 1. The zero-order valence-corrected chi connectivity index (χ0v) is 18.5. The molecule has 0 spiro atoms. The van der Waals surface area contributed by atoms with Gasteiger partial charge in [0, 0.05) is 62.9 Å². The van der Waals surface area contributed by atoms with Crippen molar-refractivity contribution in [2.24, 2.45) is 5.92 Å². The fourth-order valence-corrected chi connectivity index (χ4v) is 4.34. The van der Waals surface area contributed by atoms with Crippen molar-refractivity contribution in [2.75, 3.05) is 44.2 Å². The third kappa shape index (κ3) is 4.48. The van der Waals surface area contributed by atoms with Crippen LogP contribution in [0.25, 0.3) is 5.78 Å². The van der Waals surface area contributed by atoms with Gasteiger partial charge in [-0.1, -0.05) is 0 Å². The van der Waals surface area contributed by atoms with Gasteiger partial charge in [-0.05, 0) is 33.6 Å². The lowest BCUT2D eigenvalue weighted by atomic mass is 9.81. The van der Waals surface area contributed by atoms with Crippen molar-refractivity contribution in [1.29, 1.82) is 0 Å². The highest BCUT2D eigenvalue weighted by Gasteiger charge is 2.37. The molecule has 4 rings (SSSR count). The summed E-state index contributed by atoms with van der Waals surface area (Å²) in [5.41, 5.74) is 1.90. The average molecular weight is 430 g/mol. The zero-order valence-electron chi connectivity index (χ0n) is 18.5.